The average Bonchev–Trinajstić information content (AvgIpc) is 3.23. The molecule has 10 nitrogen and oxygen atoms in total. The number of nitrogens with one attached hydrogen (secondary N) is 3. The summed E-state index contributed by atoms with van der Waals surface area (Å²) in [7, 11) is 1.64. The minimum Gasteiger partial charge on any atom is -0.383 e. The van der Waals surface area contributed by atoms with E-state index in [2.05, 4.69) is 37.6 Å². The molecule has 2 aromatic heterocycles. The number of aromatic nitrogens is 4. The van der Waals surface area contributed by atoms with Crippen LogP contribution in [0.5, 0.6) is 0 Å². The zero-order valence-corrected chi connectivity index (χ0v) is 17.0. The number of ether oxygens (including phenoxy) is 1. The number of benzene rings is 1. The van der Waals surface area contributed by atoms with Crippen LogP contribution in [0.4, 0.5) is 17.3 Å². The van der Waals surface area contributed by atoms with Gasteiger partial charge in [0.1, 0.15) is 0 Å². The largest absolute Gasteiger partial charge is 0.383 e. The van der Waals surface area contributed by atoms with Gasteiger partial charge in [-0.15, -0.1) is 0 Å². The summed E-state index contributed by atoms with van der Waals surface area (Å²) in [5.41, 5.74) is 2.83. The lowest BCUT2D eigenvalue weighted by atomic mass is 10.1. The van der Waals surface area contributed by atoms with Gasteiger partial charge in [0.15, 0.2) is 0 Å². The molecular formula is C21H23N7O3. The van der Waals surface area contributed by atoms with E-state index in [4.69, 9.17) is 4.74 Å². The van der Waals surface area contributed by atoms with E-state index in [1.165, 1.54) is 0 Å². The van der Waals surface area contributed by atoms with Crippen molar-refractivity contribution >= 4 is 29.1 Å². The van der Waals surface area contributed by atoms with Crippen LogP contribution in [-0.2, 0) is 20.9 Å². The SMILES string of the molecule is C=CC(=O)NCC(=O)Nc1cccc(-c2ccnc(Nc3cnn(CCOC)c3)n2)c1. The normalized spacial score (nSPS) is 10.4. The Bertz CT molecular complexity index is 1060. The Kier molecular flexibility index (Phi) is 7.44. The van der Waals surface area contributed by atoms with Gasteiger partial charge in [0.25, 0.3) is 0 Å². The summed E-state index contributed by atoms with van der Waals surface area (Å²) in [4.78, 5) is 32.0. The summed E-state index contributed by atoms with van der Waals surface area (Å²) in [5, 5.41) is 12.5. The molecule has 0 atom stereocenters. The maximum Gasteiger partial charge on any atom is 0.243 e. The molecule has 160 valence electrons. The molecule has 3 N–H and O–H groups in total. The van der Waals surface area contributed by atoms with Gasteiger partial charge in [-0.25, -0.2) is 9.97 Å². The zero-order valence-electron chi connectivity index (χ0n) is 17.0. The summed E-state index contributed by atoms with van der Waals surface area (Å²) in [5.74, 6) is -0.331. The monoisotopic (exact) mass is 421 g/mol. The lowest BCUT2D eigenvalue weighted by molar-refractivity contribution is -0.121. The highest BCUT2D eigenvalue weighted by molar-refractivity contribution is 5.96. The molecule has 0 bridgehead atoms. The number of anilines is 3. The maximum atomic E-state index is 12.0. The fraction of sp³-hybridized carbons (Fsp3) is 0.190. The van der Waals surface area contributed by atoms with Crippen LogP contribution in [-0.4, -0.2) is 51.8 Å². The number of carbonyl (C=O) groups excluding carboxylic acids is 2. The van der Waals surface area contributed by atoms with Crippen LogP contribution in [0.2, 0.25) is 0 Å². The first-order chi connectivity index (χ1) is 15.1. The second-order valence-electron chi connectivity index (χ2n) is 6.43. The Morgan fingerprint density at radius 1 is 1.26 bits per heavy atom. The summed E-state index contributed by atoms with van der Waals surface area (Å²) < 4.78 is 6.81. The maximum absolute atomic E-state index is 12.0. The molecule has 3 rings (SSSR count). The molecule has 2 amide bonds. The van der Waals surface area contributed by atoms with Crippen molar-refractivity contribution in [3.63, 3.8) is 0 Å². The first kappa shape index (κ1) is 21.7. The van der Waals surface area contributed by atoms with Gasteiger partial charge < -0.3 is 20.7 Å². The first-order valence-corrected chi connectivity index (χ1v) is 9.49. The first-order valence-electron chi connectivity index (χ1n) is 9.49. The number of carbonyl (C=O) groups is 2. The Hall–Kier alpha value is -4.05. The van der Waals surface area contributed by atoms with Crippen molar-refractivity contribution in [1.29, 1.82) is 0 Å². The van der Waals surface area contributed by atoms with Crippen LogP contribution >= 0.6 is 0 Å². The summed E-state index contributed by atoms with van der Waals surface area (Å²) in [6.07, 6.45) is 6.29. The molecule has 0 fully saturated rings. The van der Waals surface area contributed by atoms with Gasteiger partial charge >= 0.3 is 0 Å². The van der Waals surface area contributed by atoms with Crippen LogP contribution in [0.3, 0.4) is 0 Å². The van der Waals surface area contributed by atoms with E-state index in [0.717, 1.165) is 17.3 Å². The van der Waals surface area contributed by atoms with Gasteiger partial charge in [-0.05, 0) is 24.3 Å². The molecule has 0 saturated heterocycles. The topological polar surface area (TPSA) is 123 Å². The standard InChI is InChI=1S/C21H23N7O3/c1-3-19(29)23-13-20(30)25-16-6-4-5-15(11-16)18-7-8-22-21(27-18)26-17-12-24-28(14-17)9-10-31-2/h3-8,11-12,14H,1,9-10,13H2,2H3,(H,23,29)(H,25,30)(H,22,26,27). The third-order valence-electron chi connectivity index (χ3n) is 4.12. The number of amides is 2. The number of hydrogen-bond acceptors (Lipinski definition) is 7. The summed E-state index contributed by atoms with van der Waals surface area (Å²) in [6.45, 7) is 4.42. The van der Waals surface area contributed by atoms with Crippen LogP contribution in [0, 0.1) is 0 Å². The van der Waals surface area contributed by atoms with E-state index in [1.807, 2.05) is 18.3 Å². The third kappa shape index (κ3) is 6.47. The van der Waals surface area contributed by atoms with E-state index in [-0.39, 0.29) is 12.5 Å². The lowest BCUT2D eigenvalue weighted by Crippen LogP contribution is -2.31. The molecular weight excluding hydrogens is 398 g/mol. The summed E-state index contributed by atoms with van der Waals surface area (Å²) >= 11 is 0. The fourth-order valence-corrected chi connectivity index (χ4v) is 2.65. The molecule has 0 aliphatic rings. The molecule has 0 spiro atoms. The van der Waals surface area contributed by atoms with Crippen molar-refractivity contribution in [2.75, 3.05) is 30.9 Å². The summed E-state index contributed by atoms with van der Waals surface area (Å²) in [6, 6.07) is 9.01. The average molecular weight is 421 g/mol. The predicted octanol–water partition coefficient (Wildman–Crippen LogP) is 1.97. The Balaban J connectivity index is 1.67. The smallest absolute Gasteiger partial charge is 0.243 e. The zero-order chi connectivity index (χ0) is 22.1. The fourth-order valence-electron chi connectivity index (χ4n) is 2.65. The molecule has 2 heterocycles. The van der Waals surface area contributed by atoms with Crippen molar-refractivity contribution < 1.29 is 14.3 Å². The van der Waals surface area contributed by atoms with Crippen LogP contribution in [0.1, 0.15) is 0 Å². The highest BCUT2D eigenvalue weighted by Gasteiger charge is 2.08. The van der Waals surface area contributed by atoms with Crippen LogP contribution in [0.15, 0.2) is 61.6 Å². The van der Waals surface area contributed by atoms with Crippen molar-refractivity contribution in [2.24, 2.45) is 0 Å². The minimum atomic E-state index is -0.408. The number of rotatable bonds is 10. The number of hydrogen-bond donors (Lipinski definition) is 3. The highest BCUT2D eigenvalue weighted by Crippen LogP contribution is 2.22. The van der Waals surface area contributed by atoms with Crippen molar-refractivity contribution in [3.05, 3.63) is 61.6 Å². The molecule has 1 aromatic carbocycles. The van der Waals surface area contributed by atoms with Crippen LogP contribution < -0.4 is 16.0 Å². The van der Waals surface area contributed by atoms with E-state index in [1.54, 1.807) is 42.4 Å². The molecule has 0 radical (unpaired) electrons. The molecule has 0 unspecified atom stereocenters. The second-order valence-corrected chi connectivity index (χ2v) is 6.43. The molecule has 0 aliphatic heterocycles. The van der Waals surface area contributed by atoms with Gasteiger partial charge in [-0.1, -0.05) is 18.7 Å². The van der Waals surface area contributed by atoms with Crippen molar-refractivity contribution in [1.82, 2.24) is 25.1 Å². The van der Waals surface area contributed by atoms with Gasteiger partial charge in [0, 0.05) is 30.8 Å². The Morgan fingerprint density at radius 2 is 2.13 bits per heavy atom. The van der Waals surface area contributed by atoms with E-state index in [0.29, 0.717) is 30.5 Å². The van der Waals surface area contributed by atoms with Crippen LogP contribution in [0.25, 0.3) is 11.3 Å². The lowest BCUT2D eigenvalue weighted by Gasteiger charge is -2.09. The number of nitrogens with zero attached hydrogens (tertiary/aromatic N) is 4. The number of methoxy groups -OCH3 is 1. The Labute approximate surface area is 179 Å². The quantitative estimate of drug-likeness (QED) is 0.428. The van der Waals surface area contributed by atoms with Crippen molar-refractivity contribution in [3.8, 4) is 11.3 Å². The molecule has 3 aromatic rings. The molecule has 10 heteroatoms. The molecule has 0 saturated carbocycles. The molecule has 0 aliphatic carbocycles. The minimum absolute atomic E-state index is 0.144. The highest BCUT2D eigenvalue weighted by atomic mass is 16.5. The third-order valence-corrected chi connectivity index (χ3v) is 4.12. The molecule has 31 heavy (non-hydrogen) atoms. The van der Waals surface area contributed by atoms with Crippen molar-refractivity contribution in [2.45, 2.75) is 6.54 Å². The van der Waals surface area contributed by atoms with Gasteiger partial charge in [-0.2, -0.15) is 5.10 Å². The van der Waals surface area contributed by atoms with Gasteiger partial charge in [0.2, 0.25) is 17.8 Å². The van der Waals surface area contributed by atoms with E-state index >= 15 is 0 Å². The van der Waals surface area contributed by atoms with Gasteiger partial charge in [-0.3, -0.25) is 14.3 Å². The van der Waals surface area contributed by atoms with Gasteiger partial charge in [0.05, 0.1) is 37.3 Å². The van der Waals surface area contributed by atoms with E-state index < -0.39 is 5.91 Å². The predicted molar refractivity (Wildman–Crippen MR) is 117 cm³/mol. The second kappa shape index (κ2) is 10.6. The Morgan fingerprint density at radius 3 is 2.94 bits per heavy atom. The van der Waals surface area contributed by atoms with E-state index in [9.17, 15) is 9.59 Å².